The predicted octanol–water partition coefficient (Wildman–Crippen LogP) is 4.90. The van der Waals surface area contributed by atoms with Gasteiger partial charge in [0.15, 0.2) is 0 Å². The fourth-order valence-electron chi connectivity index (χ4n) is 3.72. The summed E-state index contributed by atoms with van der Waals surface area (Å²) in [6, 6.07) is 14.7. The maximum Gasteiger partial charge on any atom is 0.340 e. The van der Waals surface area contributed by atoms with Crippen LogP contribution < -0.4 is 5.32 Å². The molecule has 1 saturated heterocycles. The molecule has 2 aromatic carbocycles. The fourth-order valence-corrected chi connectivity index (χ4v) is 3.88. The summed E-state index contributed by atoms with van der Waals surface area (Å²) in [7, 11) is 0. The molecule has 0 saturated carbocycles. The van der Waals surface area contributed by atoms with Crippen LogP contribution in [-0.4, -0.2) is 55.3 Å². The van der Waals surface area contributed by atoms with Crippen molar-refractivity contribution in [2.24, 2.45) is 0 Å². The van der Waals surface area contributed by atoms with Gasteiger partial charge in [0.25, 0.3) is 0 Å². The van der Waals surface area contributed by atoms with Crippen LogP contribution in [0.15, 0.2) is 54.7 Å². The number of fused-ring (bicyclic) bond motifs is 1. The molecule has 0 atom stereocenters. The first-order valence-corrected chi connectivity index (χ1v) is 11.0. The Morgan fingerprint density at radius 3 is 2.74 bits per heavy atom. The number of carbonyl (C=O) groups is 1. The Bertz CT molecular complexity index is 1040. The average molecular weight is 440 g/mol. The summed E-state index contributed by atoms with van der Waals surface area (Å²) in [5, 5.41) is 4.88. The lowest BCUT2D eigenvalue weighted by Gasteiger charge is -2.15. The second-order valence-corrected chi connectivity index (χ2v) is 7.92. The van der Waals surface area contributed by atoms with Gasteiger partial charge in [-0.1, -0.05) is 23.7 Å². The van der Waals surface area contributed by atoms with Crippen molar-refractivity contribution in [1.29, 1.82) is 0 Å². The number of anilines is 2. The van der Waals surface area contributed by atoms with Crippen molar-refractivity contribution < 1.29 is 14.3 Å². The lowest BCUT2D eigenvalue weighted by atomic mass is 10.1. The molecule has 0 spiro atoms. The number of ether oxygens (including phenoxy) is 2. The third kappa shape index (κ3) is 5.73. The summed E-state index contributed by atoms with van der Waals surface area (Å²) in [6.07, 6.45) is 4.25. The van der Waals surface area contributed by atoms with Gasteiger partial charge in [0.05, 0.1) is 30.0 Å². The molecule has 1 fully saturated rings. The monoisotopic (exact) mass is 439 g/mol. The zero-order valence-electron chi connectivity index (χ0n) is 17.4. The number of esters is 1. The van der Waals surface area contributed by atoms with Gasteiger partial charge in [0, 0.05) is 28.8 Å². The molecule has 3 aromatic rings. The van der Waals surface area contributed by atoms with Gasteiger partial charge in [-0.25, -0.2) is 4.79 Å². The van der Waals surface area contributed by atoms with Crippen LogP contribution in [0.1, 0.15) is 23.2 Å². The molecule has 1 aliphatic rings. The van der Waals surface area contributed by atoms with Gasteiger partial charge in [-0.05, 0) is 62.3 Å². The van der Waals surface area contributed by atoms with Crippen LogP contribution in [0.25, 0.3) is 10.9 Å². The van der Waals surface area contributed by atoms with E-state index in [4.69, 9.17) is 21.1 Å². The number of aromatic nitrogens is 1. The molecule has 2 heterocycles. The molecular weight excluding hydrogens is 414 g/mol. The van der Waals surface area contributed by atoms with Crippen molar-refractivity contribution in [2.45, 2.75) is 12.8 Å². The fraction of sp³-hybridized carbons (Fsp3) is 0.333. The minimum absolute atomic E-state index is 0.226. The number of para-hydroxylation sites is 1. The molecular formula is C24H26ClN3O3. The van der Waals surface area contributed by atoms with Crippen LogP contribution in [0, 0.1) is 0 Å². The van der Waals surface area contributed by atoms with E-state index in [9.17, 15) is 4.79 Å². The maximum absolute atomic E-state index is 12.6. The first kappa shape index (κ1) is 21.6. The van der Waals surface area contributed by atoms with Crippen molar-refractivity contribution >= 4 is 39.8 Å². The highest BCUT2D eigenvalue weighted by Gasteiger charge is 2.14. The van der Waals surface area contributed by atoms with Crippen LogP contribution in [0.3, 0.4) is 0 Å². The molecule has 0 amide bonds. The Kier molecular flexibility index (Phi) is 7.35. The first-order chi connectivity index (χ1) is 15.2. The summed E-state index contributed by atoms with van der Waals surface area (Å²) < 4.78 is 11.0. The maximum atomic E-state index is 12.6. The SMILES string of the molecule is O=C(OCCOCCN1CCCC1)c1ccccc1Nc1ccnc2cc(Cl)ccc12. The Labute approximate surface area is 187 Å². The largest absolute Gasteiger partial charge is 0.460 e. The minimum atomic E-state index is -0.382. The first-order valence-electron chi connectivity index (χ1n) is 10.6. The highest BCUT2D eigenvalue weighted by Crippen LogP contribution is 2.28. The molecule has 0 bridgehead atoms. The molecule has 7 heteroatoms. The number of rotatable bonds is 9. The summed E-state index contributed by atoms with van der Waals surface area (Å²) in [5.41, 5.74) is 2.76. The number of nitrogens with one attached hydrogen (secondary N) is 1. The number of benzene rings is 2. The van der Waals surface area contributed by atoms with E-state index in [1.165, 1.54) is 12.8 Å². The lowest BCUT2D eigenvalue weighted by Crippen LogP contribution is -2.24. The highest BCUT2D eigenvalue weighted by atomic mass is 35.5. The van der Waals surface area contributed by atoms with E-state index >= 15 is 0 Å². The third-order valence-electron chi connectivity index (χ3n) is 5.33. The van der Waals surface area contributed by atoms with Crippen LogP contribution in [0.2, 0.25) is 5.02 Å². The van der Waals surface area contributed by atoms with Crippen molar-refractivity contribution in [1.82, 2.24) is 9.88 Å². The van der Waals surface area contributed by atoms with Gasteiger partial charge in [0.2, 0.25) is 0 Å². The number of hydrogen-bond donors (Lipinski definition) is 1. The van der Waals surface area contributed by atoms with Crippen molar-refractivity contribution in [2.75, 3.05) is 44.8 Å². The zero-order valence-corrected chi connectivity index (χ0v) is 18.1. The summed E-state index contributed by atoms with van der Waals surface area (Å²) >= 11 is 6.08. The van der Waals surface area contributed by atoms with Crippen LogP contribution in [-0.2, 0) is 9.47 Å². The van der Waals surface area contributed by atoms with Gasteiger partial charge in [-0.3, -0.25) is 4.98 Å². The van der Waals surface area contributed by atoms with Crippen molar-refractivity contribution in [3.8, 4) is 0 Å². The van der Waals surface area contributed by atoms with Crippen LogP contribution >= 0.6 is 11.6 Å². The molecule has 4 rings (SSSR count). The Morgan fingerprint density at radius 1 is 1.03 bits per heavy atom. The molecule has 1 N–H and O–H groups in total. The van der Waals surface area contributed by atoms with E-state index in [-0.39, 0.29) is 12.6 Å². The number of pyridine rings is 1. The van der Waals surface area contributed by atoms with Crippen LogP contribution in [0.5, 0.6) is 0 Å². The number of carbonyl (C=O) groups excluding carboxylic acids is 1. The third-order valence-corrected chi connectivity index (χ3v) is 5.57. The lowest BCUT2D eigenvalue weighted by molar-refractivity contribution is 0.0292. The van der Waals surface area contributed by atoms with E-state index in [0.29, 0.717) is 29.5 Å². The van der Waals surface area contributed by atoms with E-state index in [1.807, 2.05) is 42.5 Å². The number of likely N-dealkylation sites (tertiary alicyclic amines) is 1. The average Bonchev–Trinajstić information content (AvgIpc) is 3.30. The Balaban J connectivity index is 1.34. The van der Waals surface area contributed by atoms with Crippen molar-refractivity contribution in [3.63, 3.8) is 0 Å². The number of nitrogens with zero attached hydrogens (tertiary/aromatic N) is 2. The molecule has 0 radical (unpaired) electrons. The highest BCUT2D eigenvalue weighted by molar-refractivity contribution is 6.31. The van der Waals surface area contributed by atoms with Crippen LogP contribution in [0.4, 0.5) is 11.4 Å². The van der Waals surface area contributed by atoms with E-state index in [2.05, 4.69) is 15.2 Å². The second-order valence-electron chi connectivity index (χ2n) is 7.49. The summed E-state index contributed by atoms with van der Waals surface area (Å²) in [5.74, 6) is -0.382. The standard InChI is InChI=1S/C24H26ClN3O3/c25-18-7-8-19-22(9-10-26-23(19)17-18)27-21-6-2-1-5-20(21)24(29)31-16-15-30-14-13-28-11-3-4-12-28/h1-2,5-10,17H,3-4,11-16H2,(H,26,27). The molecule has 31 heavy (non-hydrogen) atoms. The number of hydrogen-bond acceptors (Lipinski definition) is 6. The summed E-state index contributed by atoms with van der Waals surface area (Å²) in [4.78, 5) is 19.4. The van der Waals surface area contributed by atoms with Crippen molar-refractivity contribution in [3.05, 3.63) is 65.3 Å². The topological polar surface area (TPSA) is 63.7 Å². The van der Waals surface area contributed by atoms with Gasteiger partial charge in [-0.15, -0.1) is 0 Å². The second kappa shape index (κ2) is 10.6. The quantitative estimate of drug-likeness (QED) is 0.378. The van der Waals surface area contributed by atoms with E-state index in [0.717, 1.165) is 36.2 Å². The molecule has 6 nitrogen and oxygen atoms in total. The molecule has 1 aromatic heterocycles. The normalized spacial score (nSPS) is 14.1. The molecule has 0 unspecified atom stereocenters. The van der Waals surface area contributed by atoms with Gasteiger partial charge in [-0.2, -0.15) is 0 Å². The predicted molar refractivity (Wildman–Crippen MR) is 123 cm³/mol. The minimum Gasteiger partial charge on any atom is -0.460 e. The number of halogens is 1. The van der Waals surface area contributed by atoms with E-state index < -0.39 is 0 Å². The smallest absolute Gasteiger partial charge is 0.340 e. The summed E-state index contributed by atoms with van der Waals surface area (Å²) in [6.45, 7) is 4.53. The molecule has 0 aliphatic carbocycles. The molecule has 162 valence electrons. The Hall–Kier alpha value is -2.67. The zero-order chi connectivity index (χ0) is 21.5. The van der Waals surface area contributed by atoms with Gasteiger partial charge in [0.1, 0.15) is 6.61 Å². The molecule has 1 aliphatic heterocycles. The van der Waals surface area contributed by atoms with Gasteiger partial charge < -0.3 is 19.7 Å². The Morgan fingerprint density at radius 2 is 1.87 bits per heavy atom. The van der Waals surface area contributed by atoms with Gasteiger partial charge >= 0.3 is 5.97 Å². The van der Waals surface area contributed by atoms with E-state index in [1.54, 1.807) is 12.3 Å².